The van der Waals surface area contributed by atoms with E-state index in [0.717, 1.165) is 22.8 Å². The normalized spacial score (nSPS) is 18.2. The lowest BCUT2D eigenvalue weighted by Crippen LogP contribution is -2.08. The van der Waals surface area contributed by atoms with Gasteiger partial charge in [0.1, 0.15) is 5.82 Å². The van der Waals surface area contributed by atoms with Crippen LogP contribution in [-0.2, 0) is 6.42 Å². The summed E-state index contributed by atoms with van der Waals surface area (Å²) in [6, 6.07) is 7.41. The summed E-state index contributed by atoms with van der Waals surface area (Å²) in [5, 5.41) is 1.59. The van der Waals surface area contributed by atoms with E-state index in [1.54, 1.807) is 6.07 Å². The standard InChI is InChI=1S/C22H22F2OS/c23-19-15(11-13-5-6-13)7-8-16-17-9-10-18(20(24)22(17)26-21(16)19)25-12-14-3-1-2-4-14/h7-10,13-14H,1-6,11-12H2. The van der Waals surface area contributed by atoms with Gasteiger partial charge in [-0.3, -0.25) is 0 Å². The Hall–Kier alpha value is -1.68. The third-order valence-corrected chi connectivity index (χ3v) is 7.09. The monoisotopic (exact) mass is 372 g/mol. The van der Waals surface area contributed by atoms with Crippen molar-refractivity contribution in [3.8, 4) is 5.75 Å². The molecule has 2 saturated carbocycles. The summed E-state index contributed by atoms with van der Waals surface area (Å²) in [4.78, 5) is 0. The van der Waals surface area contributed by atoms with Crippen molar-refractivity contribution in [3.05, 3.63) is 41.5 Å². The van der Waals surface area contributed by atoms with Crippen LogP contribution in [0.25, 0.3) is 20.2 Å². The van der Waals surface area contributed by atoms with E-state index in [1.807, 2.05) is 18.2 Å². The van der Waals surface area contributed by atoms with Gasteiger partial charge in [0, 0.05) is 10.8 Å². The summed E-state index contributed by atoms with van der Waals surface area (Å²) in [6.45, 7) is 0.577. The van der Waals surface area contributed by atoms with Crippen LogP contribution in [0.2, 0.25) is 0 Å². The highest BCUT2D eigenvalue weighted by molar-refractivity contribution is 7.25. The molecule has 0 amide bonds. The number of benzene rings is 2. The smallest absolute Gasteiger partial charge is 0.182 e. The molecule has 0 spiro atoms. The van der Waals surface area contributed by atoms with Gasteiger partial charge in [-0.1, -0.05) is 25.0 Å². The zero-order valence-corrected chi connectivity index (χ0v) is 15.5. The fourth-order valence-electron chi connectivity index (χ4n) is 4.15. The van der Waals surface area contributed by atoms with E-state index in [2.05, 4.69) is 0 Å². The lowest BCUT2D eigenvalue weighted by Gasteiger charge is -2.12. The predicted molar refractivity (Wildman–Crippen MR) is 103 cm³/mol. The van der Waals surface area contributed by atoms with Crippen LogP contribution in [0.4, 0.5) is 8.78 Å². The van der Waals surface area contributed by atoms with Gasteiger partial charge in [0.25, 0.3) is 0 Å². The first kappa shape index (κ1) is 16.5. The van der Waals surface area contributed by atoms with Crippen molar-refractivity contribution in [2.24, 2.45) is 11.8 Å². The van der Waals surface area contributed by atoms with Crippen molar-refractivity contribution in [2.45, 2.75) is 44.9 Å². The molecule has 2 aliphatic rings. The van der Waals surface area contributed by atoms with Gasteiger partial charge < -0.3 is 4.74 Å². The third-order valence-electron chi connectivity index (χ3n) is 5.89. The van der Waals surface area contributed by atoms with Crippen LogP contribution < -0.4 is 4.74 Å². The maximum atomic E-state index is 15.0. The Morgan fingerprint density at radius 3 is 2.27 bits per heavy atom. The van der Waals surface area contributed by atoms with Crippen LogP contribution in [0.15, 0.2) is 24.3 Å². The SMILES string of the molecule is Fc1c(CC2CC2)ccc2c1sc1c(F)c(OCC3CCCC3)ccc12. The topological polar surface area (TPSA) is 9.23 Å². The second-order valence-electron chi connectivity index (χ2n) is 7.88. The fraction of sp³-hybridized carbons (Fsp3) is 0.455. The van der Waals surface area contributed by atoms with Gasteiger partial charge in [-0.15, -0.1) is 11.3 Å². The Morgan fingerprint density at radius 1 is 0.846 bits per heavy atom. The summed E-state index contributed by atoms with van der Waals surface area (Å²) in [5.41, 5.74) is 0.768. The summed E-state index contributed by atoms with van der Waals surface area (Å²) in [6.07, 6.45) is 8.01. The van der Waals surface area contributed by atoms with Gasteiger partial charge in [-0.05, 0) is 61.6 Å². The van der Waals surface area contributed by atoms with Crippen LogP contribution in [0.5, 0.6) is 5.75 Å². The first-order chi connectivity index (χ1) is 12.7. The molecule has 136 valence electrons. The van der Waals surface area contributed by atoms with Gasteiger partial charge in [0.15, 0.2) is 11.6 Å². The molecule has 2 fully saturated rings. The molecule has 0 radical (unpaired) electrons. The minimum Gasteiger partial charge on any atom is -0.490 e. The van der Waals surface area contributed by atoms with Crippen molar-refractivity contribution in [1.82, 2.24) is 0 Å². The van der Waals surface area contributed by atoms with Gasteiger partial charge in [-0.25, -0.2) is 8.78 Å². The molecule has 0 unspecified atom stereocenters. The van der Waals surface area contributed by atoms with E-state index in [9.17, 15) is 8.78 Å². The molecule has 2 aromatic carbocycles. The highest BCUT2D eigenvalue weighted by Gasteiger charge is 2.25. The zero-order chi connectivity index (χ0) is 17.7. The average molecular weight is 372 g/mol. The average Bonchev–Trinajstić information content (AvgIpc) is 3.16. The number of hydrogen-bond acceptors (Lipinski definition) is 2. The molecule has 0 saturated heterocycles. The predicted octanol–water partition coefficient (Wildman–Crippen LogP) is 6.85. The molecule has 1 aromatic heterocycles. The summed E-state index contributed by atoms with van der Waals surface area (Å²) >= 11 is 1.22. The van der Waals surface area contributed by atoms with Crippen LogP contribution in [0.3, 0.4) is 0 Å². The number of thiophene rings is 1. The first-order valence-corrected chi connectivity index (χ1v) is 10.5. The summed E-state index contributed by atoms with van der Waals surface area (Å²) in [7, 11) is 0. The zero-order valence-electron chi connectivity index (χ0n) is 14.7. The number of rotatable bonds is 5. The Labute approximate surface area is 156 Å². The van der Waals surface area contributed by atoms with Crippen molar-refractivity contribution >= 4 is 31.5 Å². The van der Waals surface area contributed by atoms with Crippen LogP contribution >= 0.6 is 11.3 Å². The van der Waals surface area contributed by atoms with E-state index in [-0.39, 0.29) is 11.6 Å². The molecule has 0 aliphatic heterocycles. The van der Waals surface area contributed by atoms with E-state index in [1.165, 1.54) is 49.9 Å². The van der Waals surface area contributed by atoms with E-state index in [0.29, 0.717) is 33.6 Å². The van der Waals surface area contributed by atoms with Crippen molar-refractivity contribution in [1.29, 1.82) is 0 Å². The highest BCUT2D eigenvalue weighted by atomic mass is 32.1. The van der Waals surface area contributed by atoms with E-state index >= 15 is 0 Å². The highest BCUT2D eigenvalue weighted by Crippen LogP contribution is 2.42. The quantitative estimate of drug-likeness (QED) is 0.476. The number of hydrogen-bond donors (Lipinski definition) is 0. The largest absolute Gasteiger partial charge is 0.490 e. The van der Waals surface area contributed by atoms with E-state index in [4.69, 9.17) is 4.74 Å². The summed E-state index contributed by atoms with van der Waals surface area (Å²) in [5.74, 6) is 0.960. The van der Waals surface area contributed by atoms with Gasteiger partial charge in [-0.2, -0.15) is 0 Å². The maximum Gasteiger partial charge on any atom is 0.182 e. The molecule has 2 aliphatic carbocycles. The second-order valence-corrected chi connectivity index (χ2v) is 8.90. The Kier molecular flexibility index (Phi) is 4.11. The molecule has 5 rings (SSSR count). The maximum absolute atomic E-state index is 15.0. The van der Waals surface area contributed by atoms with Crippen LogP contribution in [0.1, 0.15) is 44.1 Å². The number of fused-ring (bicyclic) bond motifs is 3. The molecule has 3 aromatic rings. The minimum absolute atomic E-state index is 0.163. The Balaban J connectivity index is 1.51. The first-order valence-electron chi connectivity index (χ1n) is 9.65. The molecule has 1 heterocycles. The van der Waals surface area contributed by atoms with Crippen molar-refractivity contribution in [3.63, 3.8) is 0 Å². The molecule has 4 heteroatoms. The fourth-order valence-corrected chi connectivity index (χ4v) is 5.34. The minimum atomic E-state index is -0.343. The lowest BCUT2D eigenvalue weighted by atomic mass is 10.0. The third kappa shape index (κ3) is 2.88. The molecule has 0 bridgehead atoms. The molecule has 0 N–H and O–H groups in total. The van der Waals surface area contributed by atoms with Crippen molar-refractivity contribution in [2.75, 3.05) is 6.61 Å². The van der Waals surface area contributed by atoms with Crippen LogP contribution in [-0.4, -0.2) is 6.61 Å². The molecule has 0 atom stereocenters. The Bertz CT molecular complexity index is 967. The number of halogens is 2. The van der Waals surface area contributed by atoms with Gasteiger partial charge in [0.05, 0.1) is 16.0 Å². The molecule has 26 heavy (non-hydrogen) atoms. The molecular formula is C22H22F2OS. The van der Waals surface area contributed by atoms with Crippen molar-refractivity contribution < 1.29 is 13.5 Å². The molecular weight excluding hydrogens is 350 g/mol. The molecule has 1 nitrogen and oxygen atoms in total. The lowest BCUT2D eigenvalue weighted by molar-refractivity contribution is 0.243. The number of ether oxygens (including phenoxy) is 1. The van der Waals surface area contributed by atoms with Gasteiger partial charge in [0.2, 0.25) is 0 Å². The van der Waals surface area contributed by atoms with E-state index < -0.39 is 0 Å². The summed E-state index contributed by atoms with van der Waals surface area (Å²) < 4.78 is 36.8. The Morgan fingerprint density at radius 2 is 1.54 bits per heavy atom. The van der Waals surface area contributed by atoms with Crippen LogP contribution in [0, 0.1) is 23.5 Å². The second kappa shape index (κ2) is 6.49. The van der Waals surface area contributed by atoms with Gasteiger partial charge >= 0.3 is 0 Å².